The molecule has 0 bridgehead atoms. The predicted octanol–water partition coefficient (Wildman–Crippen LogP) is 1.52. The fraction of sp³-hybridized carbons (Fsp3) is 0.167. The minimum absolute atomic E-state index is 0.244. The summed E-state index contributed by atoms with van der Waals surface area (Å²) in [6.45, 7) is 4.81. The summed E-state index contributed by atoms with van der Waals surface area (Å²) in [5.41, 5.74) is 0. The molecule has 5 nitrogen and oxygen atoms in total. The van der Waals surface area contributed by atoms with Crippen LogP contribution in [0.15, 0.2) is 37.0 Å². The molecule has 0 radical (unpaired) electrons. The molecule has 102 valence electrons. The Labute approximate surface area is 108 Å². The predicted molar refractivity (Wildman–Crippen MR) is 66.8 cm³/mol. The maximum atomic E-state index is 10.5. The number of carboxylic acid groups (broad SMARTS) is 1. The third-order valence-electron chi connectivity index (χ3n) is 1.41. The third-order valence-corrected chi connectivity index (χ3v) is 3.91. The summed E-state index contributed by atoms with van der Waals surface area (Å²) in [7, 11) is 0. The van der Waals surface area contributed by atoms with Gasteiger partial charge in [0.05, 0.1) is 0 Å². The zero-order chi connectivity index (χ0) is 14.4. The molecule has 0 aromatic rings. The molecule has 6 heteroatoms. The van der Waals surface area contributed by atoms with E-state index in [1.165, 1.54) is 0 Å². The van der Waals surface area contributed by atoms with Crippen LogP contribution in [-0.2, 0) is 32.0 Å². The van der Waals surface area contributed by atoms with Crippen LogP contribution in [0.4, 0.5) is 0 Å². The van der Waals surface area contributed by atoms with Crippen LogP contribution in [0.1, 0.15) is 6.92 Å². The number of carboxylic acids is 1. The maximum absolute atomic E-state index is 10.5. The average Bonchev–Trinajstić information content (AvgIpc) is 2.40. The number of hydrogen-bond acceptors (Lipinski definition) is 4. The number of carbonyl (C=O) groups is 4. The molecule has 0 rings (SSSR count). The first kappa shape index (κ1) is 18.6. The minimum atomic E-state index is -2.79. The summed E-state index contributed by atoms with van der Waals surface area (Å²) >= 11 is -2.79. The van der Waals surface area contributed by atoms with Crippen LogP contribution in [0.25, 0.3) is 0 Å². The van der Waals surface area contributed by atoms with Crippen LogP contribution in [0.2, 0.25) is 5.32 Å². The van der Waals surface area contributed by atoms with Gasteiger partial charge in [-0.2, -0.15) is 0 Å². The molecule has 0 aliphatic heterocycles. The standard InChI is InChI=1S/C6H9.C3H4O2.3CHO.Fe/c1-3-5-6-4-2;1-2-3(4)5;3*1-2;/h3-6H,1H2,2H3;2H,1H2,(H,4,5);3*1H;. The van der Waals surface area contributed by atoms with Crippen LogP contribution in [-0.4, -0.2) is 26.6 Å². The van der Waals surface area contributed by atoms with Gasteiger partial charge in [0.2, 0.25) is 0 Å². The molecular weight excluding hydrogens is 280 g/mol. The van der Waals surface area contributed by atoms with E-state index in [2.05, 4.69) is 6.58 Å². The van der Waals surface area contributed by atoms with E-state index in [4.69, 9.17) is 5.11 Å². The van der Waals surface area contributed by atoms with Crippen LogP contribution >= 0.6 is 0 Å². The number of aliphatic carboxylic acids is 1. The molecule has 0 unspecified atom stereocenters. The van der Waals surface area contributed by atoms with Crippen molar-refractivity contribution in [3.8, 4) is 0 Å². The summed E-state index contributed by atoms with van der Waals surface area (Å²) in [5, 5.41) is 9.33. The Kier molecular flexibility index (Phi) is 12.1. The van der Waals surface area contributed by atoms with Gasteiger partial charge in [0.15, 0.2) is 0 Å². The van der Waals surface area contributed by atoms with Gasteiger partial charge in [-0.05, 0) is 0 Å². The van der Waals surface area contributed by atoms with E-state index in [1.807, 2.05) is 13.0 Å². The van der Waals surface area contributed by atoms with Crippen molar-refractivity contribution >= 4 is 21.5 Å². The van der Waals surface area contributed by atoms with Crippen molar-refractivity contribution in [2.24, 2.45) is 0 Å². The van der Waals surface area contributed by atoms with Gasteiger partial charge in [0.1, 0.15) is 0 Å². The summed E-state index contributed by atoms with van der Waals surface area (Å²) in [4.78, 5) is 40.7. The first-order chi connectivity index (χ1) is 8.51. The topological polar surface area (TPSA) is 88.5 Å². The SMILES string of the molecule is C=CC(=O)O.CC=CC=C[CH2][Fe]([CH]=O)([CH]=O)[CH]=O. The van der Waals surface area contributed by atoms with Crippen molar-refractivity contribution in [1.29, 1.82) is 0 Å². The van der Waals surface area contributed by atoms with Crippen LogP contribution in [0.3, 0.4) is 0 Å². The molecular formula is C12H16FeO5. The van der Waals surface area contributed by atoms with Gasteiger partial charge in [-0.3, -0.25) is 0 Å². The van der Waals surface area contributed by atoms with Crippen molar-refractivity contribution in [3.63, 3.8) is 0 Å². The van der Waals surface area contributed by atoms with E-state index >= 15 is 0 Å². The Balaban J connectivity index is 0. The fourth-order valence-electron chi connectivity index (χ4n) is 0.543. The summed E-state index contributed by atoms with van der Waals surface area (Å²) < 4.78 is 0. The van der Waals surface area contributed by atoms with Gasteiger partial charge >= 0.3 is 85.3 Å². The van der Waals surface area contributed by atoms with Crippen LogP contribution in [0.5, 0.6) is 0 Å². The van der Waals surface area contributed by atoms with Crippen molar-refractivity contribution in [2.45, 2.75) is 12.2 Å². The Morgan fingerprint density at radius 3 is 1.89 bits per heavy atom. The van der Waals surface area contributed by atoms with E-state index in [0.29, 0.717) is 15.6 Å². The van der Waals surface area contributed by atoms with Gasteiger partial charge in [-0.25, -0.2) is 4.79 Å². The molecule has 0 saturated carbocycles. The van der Waals surface area contributed by atoms with Gasteiger partial charge in [-0.15, -0.1) is 0 Å². The first-order valence-corrected chi connectivity index (χ1v) is 7.37. The van der Waals surface area contributed by atoms with Gasteiger partial charge in [0.25, 0.3) is 0 Å². The molecule has 0 heterocycles. The van der Waals surface area contributed by atoms with Crippen molar-refractivity contribution < 1.29 is 37.1 Å². The molecule has 0 spiro atoms. The Morgan fingerprint density at radius 1 is 1.17 bits per heavy atom. The summed E-state index contributed by atoms with van der Waals surface area (Å²) in [5.74, 6) is -0.981. The fourth-order valence-corrected chi connectivity index (χ4v) is 1.65. The summed E-state index contributed by atoms with van der Waals surface area (Å²) in [6, 6.07) is 0. The first-order valence-electron chi connectivity index (χ1n) is 4.68. The van der Waals surface area contributed by atoms with Gasteiger partial charge in [-0.1, -0.05) is 6.58 Å². The molecule has 0 fully saturated rings. The molecule has 1 N–H and O–H groups in total. The Bertz CT molecular complexity index is 336. The normalized spacial score (nSPS) is 11.4. The van der Waals surface area contributed by atoms with Crippen LogP contribution < -0.4 is 0 Å². The molecule has 18 heavy (non-hydrogen) atoms. The quantitative estimate of drug-likeness (QED) is 0.333. The molecule has 0 aromatic carbocycles. The average molecular weight is 296 g/mol. The second-order valence-corrected chi connectivity index (χ2v) is 6.37. The zero-order valence-corrected chi connectivity index (χ0v) is 11.1. The Hall–Kier alpha value is -1.78. The molecule has 0 aliphatic rings. The van der Waals surface area contributed by atoms with E-state index in [-0.39, 0.29) is 5.32 Å². The van der Waals surface area contributed by atoms with Crippen molar-refractivity contribution in [2.75, 3.05) is 0 Å². The van der Waals surface area contributed by atoms with Crippen molar-refractivity contribution in [1.82, 2.24) is 0 Å². The molecule has 0 saturated heterocycles. The van der Waals surface area contributed by atoms with Crippen molar-refractivity contribution in [3.05, 3.63) is 37.0 Å². The third kappa shape index (κ3) is 9.45. The van der Waals surface area contributed by atoms with Gasteiger partial charge < -0.3 is 5.11 Å². The van der Waals surface area contributed by atoms with Crippen LogP contribution in [0, 0.1) is 0 Å². The number of allylic oxidation sites excluding steroid dienone is 4. The zero-order valence-electron chi connectivity index (χ0n) is 9.97. The van der Waals surface area contributed by atoms with E-state index < -0.39 is 18.8 Å². The second kappa shape index (κ2) is 11.7. The number of rotatable bonds is 7. The van der Waals surface area contributed by atoms with E-state index in [9.17, 15) is 19.2 Å². The molecule has 0 aromatic heterocycles. The van der Waals surface area contributed by atoms with Gasteiger partial charge in [0, 0.05) is 6.08 Å². The van der Waals surface area contributed by atoms with E-state index in [1.54, 1.807) is 18.2 Å². The Morgan fingerprint density at radius 2 is 1.61 bits per heavy atom. The summed E-state index contributed by atoms with van der Waals surface area (Å²) in [6.07, 6.45) is 7.81. The molecule has 0 atom stereocenters. The number of carbonyl (C=O) groups excluding carboxylic acids is 3. The monoisotopic (exact) mass is 296 g/mol. The molecule has 0 aliphatic carbocycles. The van der Waals surface area contributed by atoms with E-state index in [0.717, 1.165) is 6.08 Å². The second-order valence-electron chi connectivity index (χ2n) is 2.68. The molecule has 0 amide bonds. The number of hydrogen-bond donors (Lipinski definition) is 1.